The van der Waals surface area contributed by atoms with Gasteiger partial charge in [-0.2, -0.15) is 13.2 Å². The van der Waals surface area contributed by atoms with Crippen LogP contribution in [0.3, 0.4) is 0 Å². The zero-order valence-electron chi connectivity index (χ0n) is 10.1. The van der Waals surface area contributed by atoms with Crippen molar-refractivity contribution in [3.63, 3.8) is 0 Å². The summed E-state index contributed by atoms with van der Waals surface area (Å²) in [5.74, 6) is -1.31. The molecule has 0 amide bonds. The minimum Gasteiger partial charge on any atom is -0.466 e. The van der Waals surface area contributed by atoms with E-state index < -0.39 is 23.5 Å². The van der Waals surface area contributed by atoms with Gasteiger partial charge in [-0.25, -0.2) is 4.39 Å². The molecule has 104 valence electrons. The van der Waals surface area contributed by atoms with Crippen LogP contribution in [0, 0.1) is 5.82 Å². The molecule has 0 fully saturated rings. The van der Waals surface area contributed by atoms with Crippen LogP contribution in [-0.2, 0) is 15.7 Å². The summed E-state index contributed by atoms with van der Waals surface area (Å²) in [6.07, 6.45) is -2.26. The van der Waals surface area contributed by atoms with E-state index in [4.69, 9.17) is 0 Å². The number of esters is 1. The third-order valence-corrected chi connectivity index (χ3v) is 2.21. The summed E-state index contributed by atoms with van der Waals surface area (Å²) in [5.41, 5.74) is -1.16. The number of ether oxygens (including phenoxy) is 1. The van der Waals surface area contributed by atoms with Crippen LogP contribution in [-0.4, -0.2) is 12.6 Å². The topological polar surface area (TPSA) is 26.3 Å². The first kappa shape index (κ1) is 15.2. The fourth-order valence-corrected chi connectivity index (χ4v) is 1.35. The van der Waals surface area contributed by atoms with Gasteiger partial charge in [0, 0.05) is 5.56 Å². The number of halogens is 4. The van der Waals surface area contributed by atoms with Crippen molar-refractivity contribution in [1.82, 2.24) is 0 Å². The van der Waals surface area contributed by atoms with Crippen LogP contribution in [0.5, 0.6) is 0 Å². The molecule has 19 heavy (non-hydrogen) atoms. The van der Waals surface area contributed by atoms with E-state index in [0.717, 1.165) is 12.1 Å². The van der Waals surface area contributed by atoms with Crippen LogP contribution < -0.4 is 0 Å². The van der Waals surface area contributed by atoms with Crippen molar-refractivity contribution in [2.75, 3.05) is 6.61 Å². The Hall–Kier alpha value is -1.85. The molecule has 0 atom stereocenters. The Bertz CT molecular complexity index is 478. The maximum absolute atomic E-state index is 13.3. The Balaban J connectivity index is 2.83. The van der Waals surface area contributed by atoms with Gasteiger partial charge in [0.1, 0.15) is 5.82 Å². The van der Waals surface area contributed by atoms with Crippen LogP contribution in [0.2, 0.25) is 0 Å². The largest absolute Gasteiger partial charge is 0.466 e. The van der Waals surface area contributed by atoms with E-state index in [0.29, 0.717) is 12.1 Å². The van der Waals surface area contributed by atoms with E-state index in [2.05, 4.69) is 4.74 Å². The summed E-state index contributed by atoms with van der Waals surface area (Å²) in [5, 5.41) is 0. The average Bonchev–Trinajstić information content (AvgIpc) is 2.30. The number of hydrogen-bond acceptors (Lipinski definition) is 2. The summed E-state index contributed by atoms with van der Waals surface area (Å²) < 4.78 is 55.2. The van der Waals surface area contributed by atoms with E-state index in [1.165, 1.54) is 6.08 Å². The molecule has 1 aromatic rings. The maximum Gasteiger partial charge on any atom is 0.416 e. The van der Waals surface area contributed by atoms with Gasteiger partial charge >= 0.3 is 12.1 Å². The van der Waals surface area contributed by atoms with Gasteiger partial charge in [-0.3, -0.25) is 4.79 Å². The quantitative estimate of drug-likeness (QED) is 0.617. The molecule has 0 unspecified atom stereocenters. The lowest BCUT2D eigenvalue weighted by Crippen LogP contribution is -2.05. The van der Waals surface area contributed by atoms with E-state index in [1.54, 1.807) is 6.92 Å². The molecule has 0 bridgehead atoms. The maximum atomic E-state index is 13.3. The highest BCUT2D eigenvalue weighted by Gasteiger charge is 2.30. The van der Waals surface area contributed by atoms with Gasteiger partial charge in [0.25, 0.3) is 0 Å². The normalized spacial score (nSPS) is 11.8. The lowest BCUT2D eigenvalue weighted by molar-refractivity contribution is -0.142. The van der Waals surface area contributed by atoms with Gasteiger partial charge in [0.15, 0.2) is 0 Å². The van der Waals surface area contributed by atoms with Crippen molar-refractivity contribution < 1.29 is 27.1 Å². The average molecular weight is 276 g/mol. The lowest BCUT2D eigenvalue weighted by atomic mass is 10.1. The standard InChI is InChI=1S/C13H12F4O2/c1-2-19-12(18)5-3-4-9-8-10(13(15,16)17)6-7-11(9)14/h3-4,6-8H,2,5H2,1H3. The van der Waals surface area contributed by atoms with Crippen LogP contribution in [0.15, 0.2) is 24.3 Å². The first-order valence-electron chi connectivity index (χ1n) is 5.53. The van der Waals surface area contributed by atoms with Gasteiger partial charge in [0.2, 0.25) is 0 Å². The number of alkyl halides is 3. The molecule has 0 spiro atoms. The predicted molar refractivity (Wildman–Crippen MR) is 61.7 cm³/mol. The zero-order valence-corrected chi connectivity index (χ0v) is 10.1. The molecule has 1 rings (SSSR count). The minimum atomic E-state index is -4.53. The molecule has 0 aromatic heterocycles. The van der Waals surface area contributed by atoms with Gasteiger partial charge < -0.3 is 4.74 Å². The molecule has 0 heterocycles. The number of carbonyl (C=O) groups is 1. The van der Waals surface area contributed by atoms with Crippen molar-refractivity contribution >= 4 is 12.0 Å². The molecule has 2 nitrogen and oxygen atoms in total. The van der Waals surface area contributed by atoms with Crippen molar-refractivity contribution in [3.8, 4) is 0 Å². The number of carbonyl (C=O) groups excluding carboxylic acids is 1. The summed E-state index contributed by atoms with van der Waals surface area (Å²) in [6, 6.07) is 2.10. The lowest BCUT2D eigenvalue weighted by Gasteiger charge is -2.07. The molecule has 0 aliphatic heterocycles. The molecule has 0 aliphatic rings. The first-order chi connectivity index (χ1) is 8.84. The number of hydrogen-bond donors (Lipinski definition) is 0. The van der Waals surface area contributed by atoms with Gasteiger partial charge in [-0.15, -0.1) is 0 Å². The molecule has 0 N–H and O–H groups in total. The second kappa shape index (κ2) is 6.36. The highest BCUT2D eigenvalue weighted by Crippen LogP contribution is 2.30. The van der Waals surface area contributed by atoms with Gasteiger partial charge in [-0.05, 0) is 25.1 Å². The van der Waals surface area contributed by atoms with E-state index in [1.807, 2.05) is 0 Å². The second-order valence-corrected chi connectivity index (χ2v) is 3.65. The van der Waals surface area contributed by atoms with E-state index in [9.17, 15) is 22.4 Å². The second-order valence-electron chi connectivity index (χ2n) is 3.65. The van der Waals surface area contributed by atoms with Crippen LogP contribution in [0.1, 0.15) is 24.5 Å². The molecule has 0 aliphatic carbocycles. The number of rotatable bonds is 4. The Kier molecular flexibility index (Phi) is 5.09. The fourth-order valence-electron chi connectivity index (χ4n) is 1.35. The Morgan fingerprint density at radius 3 is 2.63 bits per heavy atom. The zero-order chi connectivity index (χ0) is 14.5. The Morgan fingerprint density at radius 2 is 2.05 bits per heavy atom. The fraction of sp³-hybridized carbons (Fsp3) is 0.308. The molecular formula is C13H12F4O2. The van der Waals surface area contributed by atoms with Crippen molar-refractivity contribution in [2.45, 2.75) is 19.5 Å². The van der Waals surface area contributed by atoms with Crippen molar-refractivity contribution in [1.29, 1.82) is 0 Å². The third kappa shape index (κ3) is 4.73. The van der Waals surface area contributed by atoms with Crippen LogP contribution in [0.25, 0.3) is 6.08 Å². The van der Waals surface area contributed by atoms with Gasteiger partial charge in [-0.1, -0.05) is 12.2 Å². The van der Waals surface area contributed by atoms with E-state index >= 15 is 0 Å². The monoisotopic (exact) mass is 276 g/mol. The predicted octanol–water partition coefficient (Wildman–Crippen LogP) is 3.81. The van der Waals surface area contributed by atoms with Crippen LogP contribution in [0.4, 0.5) is 17.6 Å². The third-order valence-electron chi connectivity index (χ3n) is 2.21. The molecular weight excluding hydrogens is 264 g/mol. The highest BCUT2D eigenvalue weighted by atomic mass is 19.4. The molecule has 0 saturated carbocycles. The van der Waals surface area contributed by atoms with Gasteiger partial charge in [0.05, 0.1) is 18.6 Å². The highest BCUT2D eigenvalue weighted by molar-refractivity contribution is 5.72. The summed E-state index contributed by atoms with van der Waals surface area (Å²) in [4.78, 5) is 11.0. The Morgan fingerprint density at radius 1 is 1.37 bits per heavy atom. The summed E-state index contributed by atoms with van der Waals surface area (Å²) in [6.45, 7) is 1.85. The van der Waals surface area contributed by atoms with Crippen molar-refractivity contribution in [2.24, 2.45) is 0 Å². The smallest absolute Gasteiger partial charge is 0.416 e. The van der Waals surface area contributed by atoms with Crippen molar-refractivity contribution in [3.05, 3.63) is 41.2 Å². The first-order valence-corrected chi connectivity index (χ1v) is 5.53. The number of benzene rings is 1. The summed E-state index contributed by atoms with van der Waals surface area (Å²) >= 11 is 0. The molecule has 1 aromatic carbocycles. The van der Waals surface area contributed by atoms with E-state index in [-0.39, 0.29) is 18.6 Å². The molecule has 6 heteroatoms. The SMILES string of the molecule is CCOC(=O)CC=Cc1cc(C(F)(F)F)ccc1F. The van der Waals surface area contributed by atoms with Crippen LogP contribution >= 0.6 is 0 Å². The molecule has 0 saturated heterocycles. The Labute approximate surface area is 107 Å². The molecule has 0 radical (unpaired) electrons. The minimum absolute atomic E-state index is 0.122. The summed E-state index contributed by atoms with van der Waals surface area (Å²) in [7, 11) is 0.